The lowest BCUT2D eigenvalue weighted by Gasteiger charge is -2.21. The molecule has 0 aromatic heterocycles. The molecule has 20 heavy (non-hydrogen) atoms. The van der Waals surface area contributed by atoms with Crippen LogP contribution in [-0.2, 0) is 0 Å². The van der Waals surface area contributed by atoms with Crippen molar-refractivity contribution in [3.8, 4) is 11.8 Å². The highest BCUT2D eigenvalue weighted by molar-refractivity contribution is 6.08. The van der Waals surface area contributed by atoms with Crippen molar-refractivity contribution in [2.24, 2.45) is 0 Å². The van der Waals surface area contributed by atoms with E-state index in [2.05, 4.69) is 11.8 Å². The molecule has 1 heterocycles. The lowest BCUT2D eigenvalue weighted by atomic mass is 10.0. The summed E-state index contributed by atoms with van der Waals surface area (Å²) in [6.45, 7) is 1.96. The topological polar surface area (TPSA) is 20.3 Å². The number of carbonyl (C=O) groups excluding carboxylic acids is 1. The Morgan fingerprint density at radius 1 is 1.05 bits per heavy atom. The molecule has 0 unspecified atom stereocenters. The van der Waals surface area contributed by atoms with Crippen LogP contribution in [0.5, 0.6) is 0 Å². The summed E-state index contributed by atoms with van der Waals surface area (Å²) in [5.41, 5.74) is 3.44. The second-order valence-electron chi connectivity index (χ2n) is 4.82. The number of anilines is 1. The fourth-order valence-electron chi connectivity index (χ4n) is 2.25. The number of hydrogen-bond acceptors (Lipinski definition) is 1. The third kappa shape index (κ3) is 1.96. The van der Waals surface area contributed by atoms with Gasteiger partial charge in [0.05, 0.1) is 11.3 Å². The van der Waals surface area contributed by atoms with Crippen LogP contribution in [0.1, 0.15) is 27.0 Å². The zero-order valence-corrected chi connectivity index (χ0v) is 11.2. The second kappa shape index (κ2) is 4.50. The Morgan fingerprint density at radius 3 is 2.55 bits per heavy atom. The number of fused-ring (bicyclic) bond motifs is 2. The van der Waals surface area contributed by atoms with Crippen LogP contribution in [0.2, 0.25) is 0 Å². The van der Waals surface area contributed by atoms with Crippen LogP contribution >= 0.6 is 0 Å². The number of amides is 1. The van der Waals surface area contributed by atoms with Gasteiger partial charge in [-0.05, 0) is 42.8 Å². The molecule has 0 saturated carbocycles. The fraction of sp³-hybridized carbons (Fsp3) is 0.118. The third-order valence-corrected chi connectivity index (χ3v) is 3.36. The van der Waals surface area contributed by atoms with Crippen LogP contribution in [0, 0.1) is 24.6 Å². The minimum atomic E-state index is -0.433. The van der Waals surface area contributed by atoms with Crippen LogP contribution < -0.4 is 4.90 Å². The third-order valence-electron chi connectivity index (χ3n) is 3.36. The molecule has 0 aliphatic carbocycles. The van der Waals surface area contributed by atoms with Gasteiger partial charge in [-0.1, -0.05) is 17.9 Å². The summed E-state index contributed by atoms with van der Waals surface area (Å²) in [5, 5.41) is 0. The summed E-state index contributed by atoms with van der Waals surface area (Å²) in [4.78, 5) is 14.0. The van der Waals surface area contributed by atoms with E-state index in [9.17, 15) is 9.18 Å². The number of hydrogen-bond donors (Lipinski definition) is 0. The van der Waals surface area contributed by atoms with Gasteiger partial charge in [0.15, 0.2) is 0 Å². The Hall–Kier alpha value is -2.60. The molecule has 1 aliphatic heterocycles. The molecule has 0 N–H and O–H groups in total. The molecule has 3 rings (SSSR count). The smallest absolute Gasteiger partial charge is 0.259 e. The van der Waals surface area contributed by atoms with Crippen molar-refractivity contribution < 1.29 is 9.18 Å². The van der Waals surface area contributed by atoms with Crippen molar-refractivity contribution in [2.45, 2.75) is 6.92 Å². The predicted molar refractivity (Wildman–Crippen MR) is 76.3 cm³/mol. The van der Waals surface area contributed by atoms with Gasteiger partial charge in [-0.15, -0.1) is 0 Å². The van der Waals surface area contributed by atoms with Gasteiger partial charge in [0.2, 0.25) is 0 Å². The molecule has 98 valence electrons. The van der Waals surface area contributed by atoms with Crippen LogP contribution in [0.3, 0.4) is 0 Å². The highest BCUT2D eigenvalue weighted by Crippen LogP contribution is 2.25. The molecular formula is C17H12FNO. The van der Waals surface area contributed by atoms with Gasteiger partial charge in [-0.2, -0.15) is 0 Å². The minimum absolute atomic E-state index is 0.250. The molecule has 1 aliphatic rings. The molecule has 2 aromatic carbocycles. The van der Waals surface area contributed by atoms with E-state index in [1.54, 1.807) is 13.1 Å². The van der Waals surface area contributed by atoms with Gasteiger partial charge in [0, 0.05) is 18.2 Å². The first-order valence-corrected chi connectivity index (χ1v) is 6.26. The summed E-state index contributed by atoms with van der Waals surface area (Å²) in [6.07, 6.45) is 0. The van der Waals surface area contributed by atoms with E-state index in [0.29, 0.717) is 11.1 Å². The lowest BCUT2D eigenvalue weighted by molar-refractivity contribution is 0.0992. The standard InChI is InChI=1S/C17H12FNO/c1-11-3-4-13-6-5-12-7-8-14(18)10-15(12)17(20)19(2)16(13)9-11/h3-4,7-10H,1-2H3. The first-order valence-electron chi connectivity index (χ1n) is 6.26. The molecule has 2 nitrogen and oxygen atoms in total. The number of halogens is 1. The summed E-state index contributed by atoms with van der Waals surface area (Å²) >= 11 is 0. The molecule has 0 atom stereocenters. The van der Waals surface area contributed by atoms with E-state index in [4.69, 9.17) is 0 Å². The molecule has 0 bridgehead atoms. The van der Waals surface area contributed by atoms with E-state index in [-0.39, 0.29) is 5.91 Å². The van der Waals surface area contributed by atoms with E-state index < -0.39 is 5.82 Å². The zero-order chi connectivity index (χ0) is 14.3. The lowest BCUT2D eigenvalue weighted by Crippen LogP contribution is -2.28. The Balaban J connectivity index is 2.28. The highest BCUT2D eigenvalue weighted by Gasteiger charge is 2.21. The van der Waals surface area contributed by atoms with Crippen LogP contribution in [0.4, 0.5) is 10.1 Å². The SMILES string of the molecule is Cc1ccc2c(c1)N(C)C(=O)c1cc(F)ccc1C#C2. The Labute approximate surface area is 116 Å². The number of rotatable bonds is 0. The maximum atomic E-state index is 13.4. The summed E-state index contributed by atoms with van der Waals surface area (Å²) in [5.74, 6) is 5.32. The summed E-state index contributed by atoms with van der Waals surface area (Å²) in [7, 11) is 1.68. The van der Waals surface area contributed by atoms with Crippen LogP contribution in [-0.4, -0.2) is 13.0 Å². The van der Waals surface area contributed by atoms with Crippen molar-refractivity contribution in [3.63, 3.8) is 0 Å². The van der Waals surface area contributed by atoms with E-state index in [0.717, 1.165) is 16.8 Å². The van der Waals surface area contributed by atoms with E-state index in [1.165, 1.54) is 17.0 Å². The van der Waals surface area contributed by atoms with Crippen molar-refractivity contribution in [3.05, 3.63) is 64.5 Å². The van der Waals surface area contributed by atoms with Crippen molar-refractivity contribution in [1.82, 2.24) is 0 Å². The summed E-state index contributed by atoms with van der Waals surface area (Å²) < 4.78 is 13.4. The van der Waals surface area contributed by atoms with Gasteiger partial charge < -0.3 is 4.90 Å². The monoisotopic (exact) mass is 265 g/mol. The zero-order valence-electron chi connectivity index (χ0n) is 11.2. The number of benzene rings is 2. The normalized spacial score (nSPS) is 12.8. The Bertz CT molecular complexity index is 783. The molecule has 2 aromatic rings. The van der Waals surface area contributed by atoms with Crippen molar-refractivity contribution >= 4 is 11.6 Å². The van der Waals surface area contributed by atoms with E-state index in [1.807, 2.05) is 25.1 Å². The molecule has 0 spiro atoms. The first-order chi connectivity index (χ1) is 9.56. The highest BCUT2D eigenvalue weighted by atomic mass is 19.1. The molecular weight excluding hydrogens is 253 g/mol. The second-order valence-corrected chi connectivity index (χ2v) is 4.82. The van der Waals surface area contributed by atoms with Gasteiger partial charge in [-0.3, -0.25) is 4.79 Å². The molecule has 0 saturated heterocycles. The quantitative estimate of drug-likeness (QED) is 0.670. The molecule has 0 fully saturated rings. The predicted octanol–water partition coefficient (Wildman–Crippen LogP) is 3.12. The van der Waals surface area contributed by atoms with Crippen molar-refractivity contribution in [2.75, 3.05) is 11.9 Å². The number of nitrogens with zero attached hydrogens (tertiary/aromatic N) is 1. The first kappa shape index (κ1) is 12.4. The maximum absolute atomic E-state index is 13.4. The average molecular weight is 265 g/mol. The van der Waals surface area contributed by atoms with Gasteiger partial charge in [-0.25, -0.2) is 4.39 Å². The summed E-state index contributed by atoms with van der Waals surface area (Å²) in [6, 6.07) is 9.87. The minimum Gasteiger partial charge on any atom is -0.310 e. The van der Waals surface area contributed by atoms with Gasteiger partial charge >= 0.3 is 0 Å². The van der Waals surface area contributed by atoms with Crippen molar-refractivity contribution in [1.29, 1.82) is 0 Å². The number of aryl methyl sites for hydroxylation is 1. The largest absolute Gasteiger partial charge is 0.310 e. The van der Waals surface area contributed by atoms with Gasteiger partial charge in [0.1, 0.15) is 5.82 Å². The Kier molecular flexibility index (Phi) is 2.80. The van der Waals surface area contributed by atoms with Crippen LogP contribution in [0.25, 0.3) is 0 Å². The van der Waals surface area contributed by atoms with Crippen LogP contribution in [0.15, 0.2) is 36.4 Å². The Morgan fingerprint density at radius 2 is 1.75 bits per heavy atom. The average Bonchev–Trinajstić information content (AvgIpc) is 2.44. The maximum Gasteiger partial charge on any atom is 0.259 e. The van der Waals surface area contributed by atoms with Gasteiger partial charge in [0.25, 0.3) is 5.91 Å². The molecule has 3 heteroatoms. The molecule has 1 amide bonds. The fourth-order valence-corrected chi connectivity index (χ4v) is 2.25. The van der Waals surface area contributed by atoms with E-state index >= 15 is 0 Å². The molecule has 0 radical (unpaired) electrons. The number of carbonyl (C=O) groups is 1.